The van der Waals surface area contributed by atoms with Gasteiger partial charge in [-0.1, -0.05) is 6.08 Å². The van der Waals surface area contributed by atoms with Crippen molar-refractivity contribution >= 4 is 0 Å². The van der Waals surface area contributed by atoms with Crippen molar-refractivity contribution in [3.63, 3.8) is 0 Å². The Labute approximate surface area is 63.1 Å². The molecular weight excluding hydrogens is 124 g/mol. The van der Waals surface area contributed by atoms with Crippen LogP contribution in [0.3, 0.4) is 0 Å². The molecule has 1 rings (SSSR count). The molecule has 1 aliphatic rings. The van der Waals surface area contributed by atoms with Crippen molar-refractivity contribution in [2.24, 2.45) is 0 Å². The summed E-state index contributed by atoms with van der Waals surface area (Å²) in [6.07, 6.45) is 4.88. The fourth-order valence-electron chi connectivity index (χ4n) is 1.15. The molecule has 1 aliphatic heterocycles. The van der Waals surface area contributed by atoms with Gasteiger partial charge in [0.15, 0.2) is 0 Å². The Morgan fingerprint density at radius 3 is 2.30 bits per heavy atom. The summed E-state index contributed by atoms with van der Waals surface area (Å²) in [7, 11) is 4.25. The predicted molar refractivity (Wildman–Crippen MR) is 43.6 cm³/mol. The molecular formula is C8H16N2. The number of hydrogen-bond acceptors (Lipinski definition) is 2. The first-order valence-electron chi connectivity index (χ1n) is 3.75. The summed E-state index contributed by atoms with van der Waals surface area (Å²) in [6, 6.07) is 0.575. The summed E-state index contributed by atoms with van der Waals surface area (Å²) < 4.78 is 0. The lowest BCUT2D eigenvalue weighted by molar-refractivity contribution is 0.100. The van der Waals surface area contributed by atoms with Crippen LogP contribution in [-0.4, -0.2) is 36.1 Å². The summed E-state index contributed by atoms with van der Waals surface area (Å²) in [5.41, 5.74) is 0. The standard InChI is InChI=1S/C8H16N2/c1-7-5-6-9(3)8(2)10(7)4/h5-8H,1-4H3. The minimum Gasteiger partial charge on any atom is -0.365 e. The highest BCUT2D eigenvalue weighted by molar-refractivity contribution is 4.97. The Morgan fingerprint density at radius 1 is 1.20 bits per heavy atom. The van der Waals surface area contributed by atoms with E-state index in [4.69, 9.17) is 0 Å². The zero-order valence-electron chi connectivity index (χ0n) is 7.20. The van der Waals surface area contributed by atoms with Gasteiger partial charge in [0.25, 0.3) is 0 Å². The lowest BCUT2D eigenvalue weighted by atomic mass is 10.2. The Balaban J connectivity index is 2.69. The monoisotopic (exact) mass is 140 g/mol. The van der Waals surface area contributed by atoms with E-state index in [2.05, 4.69) is 50.0 Å². The van der Waals surface area contributed by atoms with Crippen LogP contribution < -0.4 is 0 Å². The summed E-state index contributed by atoms with van der Waals surface area (Å²) in [6.45, 7) is 4.42. The van der Waals surface area contributed by atoms with E-state index in [1.54, 1.807) is 0 Å². The molecule has 0 saturated carbocycles. The molecule has 0 aromatic heterocycles. The highest BCUT2D eigenvalue weighted by Gasteiger charge is 2.19. The number of nitrogens with zero attached hydrogens (tertiary/aromatic N) is 2. The molecule has 10 heavy (non-hydrogen) atoms. The van der Waals surface area contributed by atoms with Gasteiger partial charge >= 0.3 is 0 Å². The first kappa shape index (κ1) is 7.61. The summed E-state index contributed by atoms with van der Waals surface area (Å²) in [5.74, 6) is 0. The van der Waals surface area contributed by atoms with Crippen molar-refractivity contribution in [3.05, 3.63) is 12.3 Å². The Bertz CT molecular complexity index is 126. The third kappa shape index (κ3) is 1.16. The van der Waals surface area contributed by atoms with Crippen molar-refractivity contribution in [1.82, 2.24) is 9.80 Å². The van der Waals surface area contributed by atoms with Gasteiger partial charge in [-0.05, 0) is 27.1 Å². The van der Waals surface area contributed by atoms with E-state index < -0.39 is 0 Å². The molecule has 0 bridgehead atoms. The number of hydrogen-bond donors (Lipinski definition) is 0. The second-order valence-corrected chi connectivity index (χ2v) is 3.04. The molecule has 2 nitrogen and oxygen atoms in total. The Morgan fingerprint density at radius 2 is 1.80 bits per heavy atom. The van der Waals surface area contributed by atoms with Crippen LogP contribution in [0.5, 0.6) is 0 Å². The van der Waals surface area contributed by atoms with E-state index in [1.807, 2.05) is 0 Å². The van der Waals surface area contributed by atoms with E-state index in [0.717, 1.165) is 0 Å². The molecule has 0 saturated heterocycles. The summed E-state index contributed by atoms with van der Waals surface area (Å²) in [5, 5.41) is 0. The van der Waals surface area contributed by atoms with Gasteiger partial charge in [-0.2, -0.15) is 0 Å². The maximum atomic E-state index is 2.33. The van der Waals surface area contributed by atoms with Crippen molar-refractivity contribution in [3.8, 4) is 0 Å². The van der Waals surface area contributed by atoms with E-state index in [-0.39, 0.29) is 0 Å². The SMILES string of the molecule is CC1C=CN(C)C(C)N1C. The van der Waals surface area contributed by atoms with Crippen molar-refractivity contribution < 1.29 is 0 Å². The Kier molecular flexibility index (Phi) is 2.00. The average Bonchev–Trinajstić information content (AvgIpc) is 1.93. The number of likely N-dealkylation sites (N-methyl/N-ethyl adjacent to an activating group) is 1. The van der Waals surface area contributed by atoms with Crippen LogP contribution in [0.25, 0.3) is 0 Å². The molecule has 1 heterocycles. The molecule has 0 radical (unpaired) electrons. The van der Waals surface area contributed by atoms with Crippen LogP contribution in [0, 0.1) is 0 Å². The van der Waals surface area contributed by atoms with Crippen molar-refractivity contribution in [2.75, 3.05) is 14.1 Å². The van der Waals surface area contributed by atoms with E-state index in [1.165, 1.54) is 0 Å². The van der Waals surface area contributed by atoms with Crippen molar-refractivity contribution in [1.29, 1.82) is 0 Å². The largest absolute Gasteiger partial charge is 0.365 e. The Hall–Kier alpha value is -0.500. The molecule has 0 spiro atoms. The van der Waals surface area contributed by atoms with Gasteiger partial charge in [0.05, 0.1) is 6.17 Å². The second kappa shape index (κ2) is 2.62. The third-order valence-electron chi connectivity index (χ3n) is 2.42. The molecule has 0 N–H and O–H groups in total. The van der Waals surface area contributed by atoms with E-state index in [9.17, 15) is 0 Å². The molecule has 0 aromatic rings. The van der Waals surface area contributed by atoms with Gasteiger partial charge in [0, 0.05) is 13.1 Å². The molecule has 0 amide bonds. The van der Waals surface area contributed by atoms with E-state index >= 15 is 0 Å². The van der Waals surface area contributed by atoms with Gasteiger partial charge in [0.1, 0.15) is 0 Å². The lowest BCUT2D eigenvalue weighted by Gasteiger charge is -2.38. The summed E-state index contributed by atoms with van der Waals surface area (Å²) >= 11 is 0. The van der Waals surface area contributed by atoms with Crippen molar-refractivity contribution in [2.45, 2.75) is 26.1 Å². The van der Waals surface area contributed by atoms with Crippen LogP contribution in [0.1, 0.15) is 13.8 Å². The second-order valence-electron chi connectivity index (χ2n) is 3.04. The molecule has 58 valence electrons. The maximum absolute atomic E-state index is 2.33. The molecule has 2 unspecified atom stereocenters. The van der Waals surface area contributed by atoms with E-state index in [0.29, 0.717) is 12.2 Å². The van der Waals surface area contributed by atoms with Gasteiger partial charge in [-0.25, -0.2) is 0 Å². The van der Waals surface area contributed by atoms with Crippen LogP contribution in [0.2, 0.25) is 0 Å². The van der Waals surface area contributed by atoms with Crippen LogP contribution >= 0.6 is 0 Å². The first-order valence-corrected chi connectivity index (χ1v) is 3.75. The van der Waals surface area contributed by atoms with Gasteiger partial charge in [-0.15, -0.1) is 0 Å². The molecule has 0 fully saturated rings. The zero-order valence-corrected chi connectivity index (χ0v) is 7.20. The summed E-state index contributed by atoms with van der Waals surface area (Å²) in [4.78, 5) is 4.54. The first-order chi connectivity index (χ1) is 4.63. The van der Waals surface area contributed by atoms with Crippen LogP contribution in [0.4, 0.5) is 0 Å². The quantitative estimate of drug-likeness (QED) is 0.497. The highest BCUT2D eigenvalue weighted by atomic mass is 15.3. The van der Waals surface area contributed by atoms with Crippen LogP contribution in [-0.2, 0) is 0 Å². The average molecular weight is 140 g/mol. The normalized spacial score (nSPS) is 35.0. The minimum absolute atomic E-state index is 0.528. The fraction of sp³-hybridized carbons (Fsp3) is 0.750. The fourth-order valence-corrected chi connectivity index (χ4v) is 1.15. The van der Waals surface area contributed by atoms with Crippen LogP contribution in [0.15, 0.2) is 12.3 Å². The predicted octanol–water partition coefficient (Wildman–Crippen LogP) is 1.11. The highest BCUT2D eigenvalue weighted by Crippen LogP contribution is 2.12. The molecule has 2 atom stereocenters. The van der Waals surface area contributed by atoms with Gasteiger partial charge in [0.2, 0.25) is 0 Å². The van der Waals surface area contributed by atoms with Gasteiger partial charge < -0.3 is 4.90 Å². The lowest BCUT2D eigenvalue weighted by Crippen LogP contribution is -2.46. The number of rotatable bonds is 0. The molecule has 2 heteroatoms. The maximum Gasteiger partial charge on any atom is 0.0785 e. The minimum atomic E-state index is 0.528. The smallest absolute Gasteiger partial charge is 0.0785 e. The molecule has 0 aromatic carbocycles. The van der Waals surface area contributed by atoms with Gasteiger partial charge in [-0.3, -0.25) is 4.90 Å². The topological polar surface area (TPSA) is 6.48 Å². The molecule has 0 aliphatic carbocycles. The zero-order chi connectivity index (χ0) is 7.72. The third-order valence-corrected chi connectivity index (χ3v) is 2.42.